The van der Waals surface area contributed by atoms with Crippen LogP contribution in [-0.2, 0) is 0 Å². The van der Waals surface area contributed by atoms with Gasteiger partial charge in [0.1, 0.15) is 5.82 Å². The molecule has 0 aliphatic rings. The van der Waals surface area contributed by atoms with E-state index >= 15 is 0 Å². The molecule has 1 aromatic heterocycles. The molecule has 5 nitrogen and oxygen atoms in total. The Bertz CT molecular complexity index is 338. The van der Waals surface area contributed by atoms with E-state index in [9.17, 15) is 0 Å². The molecule has 0 amide bonds. The van der Waals surface area contributed by atoms with Crippen molar-refractivity contribution >= 4 is 11.8 Å². The zero-order valence-corrected chi connectivity index (χ0v) is 11.7. The van der Waals surface area contributed by atoms with Gasteiger partial charge >= 0.3 is 0 Å². The molecular weight excluding hydrogens is 226 g/mol. The highest BCUT2D eigenvalue weighted by atomic mass is 15.1. The first-order valence-corrected chi connectivity index (χ1v) is 6.73. The Balaban J connectivity index is 2.27. The molecule has 0 aliphatic heterocycles. The van der Waals surface area contributed by atoms with Crippen LogP contribution in [0.4, 0.5) is 11.8 Å². The Morgan fingerprint density at radius 2 is 2.11 bits per heavy atom. The topological polar surface area (TPSA) is 67.1 Å². The molecule has 5 heteroatoms. The summed E-state index contributed by atoms with van der Waals surface area (Å²) in [6, 6.07) is 2.24. The minimum absolute atomic E-state index is 0.315. The van der Waals surface area contributed by atoms with Gasteiger partial charge in [-0.15, -0.1) is 0 Å². The normalized spacial score (nSPS) is 12.7. The predicted molar refractivity (Wildman–Crippen MR) is 76.6 cm³/mol. The summed E-state index contributed by atoms with van der Waals surface area (Å²) in [5.41, 5.74) is 5.54. The Labute approximate surface area is 110 Å². The standard InChI is InChI=1S/C13H25N5/c1-4-18(5-2)10-6-7-11(3)16-12-8-9-15-13(14)17-12/h8-9,11H,4-7,10H2,1-3H3,(H3,14,15,16,17). The van der Waals surface area contributed by atoms with Crippen LogP contribution in [0.5, 0.6) is 0 Å². The summed E-state index contributed by atoms with van der Waals surface area (Å²) in [6.07, 6.45) is 3.99. The van der Waals surface area contributed by atoms with E-state index in [-0.39, 0.29) is 0 Å². The molecule has 0 fully saturated rings. The molecule has 1 rings (SSSR count). The van der Waals surface area contributed by atoms with Gasteiger partial charge in [0.25, 0.3) is 0 Å². The van der Waals surface area contributed by atoms with E-state index in [1.54, 1.807) is 6.20 Å². The van der Waals surface area contributed by atoms with Crippen LogP contribution < -0.4 is 11.1 Å². The first kappa shape index (κ1) is 14.7. The Hall–Kier alpha value is -1.36. The number of hydrogen-bond donors (Lipinski definition) is 2. The summed E-state index contributed by atoms with van der Waals surface area (Å²) < 4.78 is 0. The van der Waals surface area contributed by atoms with Crippen LogP contribution in [0.3, 0.4) is 0 Å². The van der Waals surface area contributed by atoms with Gasteiger partial charge in [-0.25, -0.2) is 4.98 Å². The molecule has 0 bridgehead atoms. The van der Waals surface area contributed by atoms with Crippen LogP contribution in [0, 0.1) is 0 Å². The zero-order valence-electron chi connectivity index (χ0n) is 11.7. The monoisotopic (exact) mass is 251 g/mol. The second-order valence-corrected chi connectivity index (χ2v) is 4.51. The van der Waals surface area contributed by atoms with Gasteiger partial charge in [-0.05, 0) is 45.5 Å². The van der Waals surface area contributed by atoms with Crippen molar-refractivity contribution < 1.29 is 0 Å². The molecule has 102 valence electrons. The molecule has 1 aromatic rings. The highest BCUT2D eigenvalue weighted by Gasteiger charge is 2.05. The zero-order chi connectivity index (χ0) is 13.4. The van der Waals surface area contributed by atoms with E-state index in [1.807, 2.05) is 6.07 Å². The minimum atomic E-state index is 0.315. The van der Waals surface area contributed by atoms with Crippen molar-refractivity contribution in [3.63, 3.8) is 0 Å². The molecule has 0 aliphatic carbocycles. The quantitative estimate of drug-likeness (QED) is 0.739. The number of anilines is 2. The predicted octanol–water partition coefficient (Wildman–Crippen LogP) is 1.98. The number of rotatable bonds is 8. The molecule has 3 N–H and O–H groups in total. The van der Waals surface area contributed by atoms with Gasteiger partial charge in [-0.3, -0.25) is 0 Å². The fraction of sp³-hybridized carbons (Fsp3) is 0.692. The number of hydrogen-bond acceptors (Lipinski definition) is 5. The molecule has 0 radical (unpaired) electrons. The number of aromatic nitrogens is 2. The largest absolute Gasteiger partial charge is 0.368 e. The fourth-order valence-corrected chi connectivity index (χ4v) is 1.94. The first-order valence-electron chi connectivity index (χ1n) is 6.73. The van der Waals surface area contributed by atoms with E-state index in [2.05, 4.69) is 41.0 Å². The van der Waals surface area contributed by atoms with Crippen molar-refractivity contribution in [3.05, 3.63) is 12.3 Å². The van der Waals surface area contributed by atoms with Gasteiger partial charge in [0.05, 0.1) is 0 Å². The maximum Gasteiger partial charge on any atom is 0.221 e. The molecule has 0 spiro atoms. The van der Waals surface area contributed by atoms with Crippen LogP contribution >= 0.6 is 0 Å². The second-order valence-electron chi connectivity index (χ2n) is 4.51. The van der Waals surface area contributed by atoms with E-state index in [4.69, 9.17) is 5.73 Å². The summed E-state index contributed by atoms with van der Waals surface area (Å²) in [7, 11) is 0. The second kappa shape index (κ2) is 7.87. The Morgan fingerprint density at radius 3 is 2.72 bits per heavy atom. The highest BCUT2D eigenvalue weighted by molar-refractivity contribution is 5.37. The lowest BCUT2D eigenvalue weighted by atomic mass is 10.1. The molecule has 1 heterocycles. The minimum Gasteiger partial charge on any atom is -0.368 e. The average Bonchev–Trinajstić information content (AvgIpc) is 2.34. The van der Waals surface area contributed by atoms with Crippen LogP contribution in [0.1, 0.15) is 33.6 Å². The van der Waals surface area contributed by atoms with Gasteiger partial charge < -0.3 is 16.0 Å². The van der Waals surface area contributed by atoms with Crippen molar-refractivity contribution in [2.75, 3.05) is 30.7 Å². The third kappa shape index (κ3) is 5.31. The third-order valence-corrected chi connectivity index (χ3v) is 3.07. The molecule has 0 aromatic carbocycles. The highest BCUT2D eigenvalue weighted by Crippen LogP contribution is 2.08. The molecular formula is C13H25N5. The molecule has 0 saturated heterocycles. The van der Waals surface area contributed by atoms with E-state index in [0.717, 1.165) is 31.9 Å². The van der Waals surface area contributed by atoms with E-state index in [1.165, 1.54) is 6.42 Å². The van der Waals surface area contributed by atoms with Crippen LogP contribution in [0.2, 0.25) is 0 Å². The summed E-state index contributed by atoms with van der Waals surface area (Å²) in [5.74, 6) is 1.12. The maximum absolute atomic E-state index is 5.54. The van der Waals surface area contributed by atoms with Crippen molar-refractivity contribution in [3.8, 4) is 0 Å². The molecule has 18 heavy (non-hydrogen) atoms. The van der Waals surface area contributed by atoms with Crippen molar-refractivity contribution in [1.82, 2.24) is 14.9 Å². The number of nitrogens with two attached hydrogens (primary N) is 1. The molecule has 0 saturated carbocycles. The number of nitrogens with one attached hydrogen (secondary N) is 1. The van der Waals surface area contributed by atoms with E-state index in [0.29, 0.717) is 12.0 Å². The Morgan fingerprint density at radius 1 is 1.39 bits per heavy atom. The van der Waals surface area contributed by atoms with Gasteiger partial charge in [-0.2, -0.15) is 4.98 Å². The van der Waals surface area contributed by atoms with E-state index < -0.39 is 0 Å². The summed E-state index contributed by atoms with van der Waals surface area (Å²) in [6.45, 7) is 9.98. The van der Waals surface area contributed by atoms with Gasteiger partial charge in [0.15, 0.2) is 0 Å². The van der Waals surface area contributed by atoms with Crippen LogP contribution in [0.15, 0.2) is 12.3 Å². The average molecular weight is 251 g/mol. The summed E-state index contributed by atoms with van der Waals surface area (Å²) in [4.78, 5) is 10.4. The lowest BCUT2D eigenvalue weighted by Crippen LogP contribution is -2.25. The summed E-state index contributed by atoms with van der Waals surface area (Å²) >= 11 is 0. The van der Waals surface area contributed by atoms with Crippen molar-refractivity contribution in [2.24, 2.45) is 0 Å². The van der Waals surface area contributed by atoms with Gasteiger partial charge in [0.2, 0.25) is 5.95 Å². The first-order chi connectivity index (χ1) is 8.65. The number of nitrogen functional groups attached to an aromatic ring is 1. The van der Waals surface area contributed by atoms with Crippen LogP contribution in [0.25, 0.3) is 0 Å². The lowest BCUT2D eigenvalue weighted by molar-refractivity contribution is 0.295. The number of nitrogens with zero attached hydrogens (tertiary/aromatic N) is 3. The SMILES string of the molecule is CCN(CC)CCCC(C)Nc1ccnc(N)n1. The third-order valence-electron chi connectivity index (χ3n) is 3.07. The maximum atomic E-state index is 5.54. The molecule has 1 unspecified atom stereocenters. The van der Waals surface area contributed by atoms with Gasteiger partial charge in [0, 0.05) is 12.2 Å². The van der Waals surface area contributed by atoms with Crippen LogP contribution in [-0.4, -0.2) is 40.5 Å². The van der Waals surface area contributed by atoms with Crippen molar-refractivity contribution in [2.45, 2.75) is 39.7 Å². The fourth-order valence-electron chi connectivity index (χ4n) is 1.94. The smallest absolute Gasteiger partial charge is 0.221 e. The Kier molecular flexibility index (Phi) is 6.43. The van der Waals surface area contributed by atoms with Crippen molar-refractivity contribution in [1.29, 1.82) is 0 Å². The lowest BCUT2D eigenvalue weighted by Gasteiger charge is -2.20. The van der Waals surface area contributed by atoms with Gasteiger partial charge in [-0.1, -0.05) is 13.8 Å². The molecule has 1 atom stereocenters. The summed E-state index contributed by atoms with van der Waals surface area (Å²) in [5, 5.41) is 3.34.